The van der Waals surface area contributed by atoms with Crippen molar-refractivity contribution in [2.45, 2.75) is 20.5 Å². The number of hydrogen-bond acceptors (Lipinski definition) is 6. The summed E-state index contributed by atoms with van der Waals surface area (Å²) in [5, 5.41) is 2.66. The number of ether oxygens (including phenoxy) is 3. The lowest BCUT2D eigenvalue weighted by Gasteiger charge is -2.10. The minimum atomic E-state index is -0.355. The number of hydrogen-bond donors (Lipinski definition) is 0. The minimum absolute atomic E-state index is 0.120. The number of aromatic nitrogens is 1. The number of thiazole rings is 1. The Balaban J connectivity index is 1.73. The van der Waals surface area contributed by atoms with Crippen LogP contribution in [0.25, 0.3) is 10.6 Å². The predicted octanol–water partition coefficient (Wildman–Crippen LogP) is 4.80. The summed E-state index contributed by atoms with van der Waals surface area (Å²) in [6.45, 7) is 4.10. The molecule has 3 aromatic rings. The summed E-state index contributed by atoms with van der Waals surface area (Å²) in [5.41, 5.74) is 4.28. The fraction of sp³-hybridized carbons (Fsp3) is 0.238. The zero-order chi connectivity index (χ0) is 19.4. The number of nitrogens with zero attached hydrogens (tertiary/aromatic N) is 1. The van der Waals surface area contributed by atoms with Crippen molar-refractivity contribution < 1.29 is 19.0 Å². The van der Waals surface area contributed by atoms with Crippen molar-refractivity contribution in [3.05, 3.63) is 64.2 Å². The highest BCUT2D eigenvalue weighted by Gasteiger charge is 2.15. The maximum Gasteiger partial charge on any atom is 0.338 e. The van der Waals surface area contributed by atoms with E-state index in [0.717, 1.165) is 21.7 Å². The number of aryl methyl sites for hydroxylation is 2. The van der Waals surface area contributed by atoms with Gasteiger partial charge in [-0.1, -0.05) is 12.1 Å². The van der Waals surface area contributed by atoms with Gasteiger partial charge in [0.05, 0.1) is 31.0 Å². The number of benzene rings is 2. The molecule has 1 heterocycles. The van der Waals surface area contributed by atoms with Crippen molar-refractivity contribution in [2.24, 2.45) is 0 Å². The van der Waals surface area contributed by atoms with Crippen LogP contribution in [-0.4, -0.2) is 25.2 Å². The molecular formula is C21H21NO4S. The fourth-order valence-electron chi connectivity index (χ4n) is 2.64. The maximum absolute atomic E-state index is 12.3. The highest BCUT2D eigenvalue weighted by molar-refractivity contribution is 7.13. The van der Waals surface area contributed by atoms with E-state index in [-0.39, 0.29) is 12.6 Å². The summed E-state index contributed by atoms with van der Waals surface area (Å²) in [6, 6.07) is 11.2. The monoisotopic (exact) mass is 383 g/mol. The summed E-state index contributed by atoms with van der Waals surface area (Å²) in [7, 11) is 3.20. The Labute approximate surface area is 162 Å². The number of carbonyl (C=O) groups excluding carboxylic acids is 1. The van der Waals surface area contributed by atoms with Crippen molar-refractivity contribution in [1.82, 2.24) is 4.98 Å². The van der Waals surface area contributed by atoms with E-state index in [2.05, 4.69) is 4.98 Å². The third-order valence-electron chi connectivity index (χ3n) is 4.28. The van der Waals surface area contributed by atoms with Crippen molar-refractivity contribution in [2.75, 3.05) is 14.2 Å². The van der Waals surface area contributed by atoms with E-state index in [1.54, 1.807) is 20.3 Å². The lowest BCUT2D eigenvalue weighted by atomic mass is 10.1. The first kappa shape index (κ1) is 18.9. The highest BCUT2D eigenvalue weighted by Crippen LogP contribution is 2.39. The van der Waals surface area contributed by atoms with Gasteiger partial charge in [-0.25, -0.2) is 9.78 Å². The number of esters is 1. The summed E-state index contributed by atoms with van der Waals surface area (Å²) in [4.78, 5) is 16.8. The molecule has 5 nitrogen and oxygen atoms in total. The molecule has 2 aromatic carbocycles. The molecule has 1 aromatic heterocycles. The fourth-order valence-corrected chi connectivity index (χ4v) is 3.47. The average Bonchev–Trinajstić information content (AvgIpc) is 3.16. The Bertz CT molecular complexity index is 965. The third-order valence-corrected chi connectivity index (χ3v) is 5.20. The van der Waals surface area contributed by atoms with Gasteiger partial charge >= 0.3 is 5.97 Å². The van der Waals surface area contributed by atoms with Crippen LogP contribution < -0.4 is 9.47 Å². The topological polar surface area (TPSA) is 57.7 Å². The van der Waals surface area contributed by atoms with Gasteiger partial charge in [0.1, 0.15) is 11.6 Å². The first-order valence-corrected chi connectivity index (χ1v) is 9.31. The second-order valence-electron chi connectivity index (χ2n) is 6.06. The molecule has 0 aliphatic carbocycles. The van der Waals surface area contributed by atoms with Gasteiger partial charge in [0.2, 0.25) is 0 Å². The quantitative estimate of drug-likeness (QED) is 0.572. The highest BCUT2D eigenvalue weighted by atomic mass is 32.1. The molecule has 0 radical (unpaired) electrons. The van der Waals surface area contributed by atoms with Gasteiger partial charge in [0.25, 0.3) is 0 Å². The molecule has 0 unspecified atom stereocenters. The van der Waals surface area contributed by atoms with Crippen LogP contribution in [-0.2, 0) is 11.3 Å². The normalized spacial score (nSPS) is 10.5. The van der Waals surface area contributed by atoms with Crippen molar-refractivity contribution in [3.63, 3.8) is 0 Å². The summed E-state index contributed by atoms with van der Waals surface area (Å²) >= 11 is 1.47. The Morgan fingerprint density at radius 3 is 2.59 bits per heavy atom. The van der Waals surface area contributed by atoms with Crippen LogP contribution in [0.2, 0.25) is 0 Å². The van der Waals surface area contributed by atoms with Crippen LogP contribution in [0.4, 0.5) is 0 Å². The van der Waals surface area contributed by atoms with E-state index >= 15 is 0 Å². The van der Waals surface area contributed by atoms with E-state index in [0.29, 0.717) is 22.8 Å². The zero-order valence-electron chi connectivity index (χ0n) is 15.7. The standard InChI is InChI=1S/C21H21NO4S/c1-13-8-9-15(10-14(13)2)21(23)26-11-16-12-27-20(22-16)17-6-5-7-18(24-3)19(17)25-4/h5-10,12H,11H2,1-4H3. The van der Waals surface area contributed by atoms with Gasteiger partial charge in [-0.3, -0.25) is 0 Å². The Morgan fingerprint density at radius 1 is 1.07 bits per heavy atom. The van der Waals surface area contributed by atoms with Gasteiger partial charge in [-0.05, 0) is 49.2 Å². The molecule has 0 aliphatic heterocycles. The van der Waals surface area contributed by atoms with Gasteiger partial charge in [0, 0.05) is 5.38 Å². The van der Waals surface area contributed by atoms with E-state index in [9.17, 15) is 4.79 Å². The number of carbonyl (C=O) groups is 1. The van der Waals surface area contributed by atoms with Crippen LogP contribution in [0, 0.1) is 13.8 Å². The first-order chi connectivity index (χ1) is 13.0. The van der Waals surface area contributed by atoms with Crippen LogP contribution in [0.3, 0.4) is 0 Å². The van der Waals surface area contributed by atoms with Crippen molar-refractivity contribution in [3.8, 4) is 22.1 Å². The second-order valence-corrected chi connectivity index (χ2v) is 6.92. The first-order valence-electron chi connectivity index (χ1n) is 8.43. The van der Waals surface area contributed by atoms with Crippen molar-refractivity contribution >= 4 is 17.3 Å². The number of rotatable bonds is 6. The lowest BCUT2D eigenvalue weighted by molar-refractivity contribution is 0.0468. The van der Waals surface area contributed by atoms with E-state index < -0.39 is 0 Å². The van der Waals surface area contributed by atoms with Crippen LogP contribution >= 0.6 is 11.3 Å². The van der Waals surface area contributed by atoms with Crippen LogP contribution in [0.1, 0.15) is 27.2 Å². The molecule has 140 valence electrons. The zero-order valence-corrected chi connectivity index (χ0v) is 16.6. The van der Waals surface area contributed by atoms with Crippen molar-refractivity contribution in [1.29, 1.82) is 0 Å². The van der Waals surface area contributed by atoms with Crippen LogP contribution in [0.5, 0.6) is 11.5 Å². The Kier molecular flexibility index (Phi) is 5.76. The Hall–Kier alpha value is -2.86. The predicted molar refractivity (Wildman–Crippen MR) is 106 cm³/mol. The molecule has 3 rings (SSSR count). The minimum Gasteiger partial charge on any atom is -0.493 e. The summed E-state index contributed by atoms with van der Waals surface area (Å²) in [5.74, 6) is 0.924. The SMILES string of the molecule is COc1cccc(-c2nc(COC(=O)c3ccc(C)c(C)c3)cs2)c1OC. The van der Waals surface area contributed by atoms with Gasteiger partial charge in [-0.15, -0.1) is 11.3 Å². The van der Waals surface area contributed by atoms with E-state index in [1.165, 1.54) is 11.3 Å². The molecule has 0 spiro atoms. The molecular weight excluding hydrogens is 362 g/mol. The van der Waals surface area contributed by atoms with E-state index in [1.807, 2.05) is 49.6 Å². The Morgan fingerprint density at radius 2 is 1.89 bits per heavy atom. The summed E-state index contributed by atoms with van der Waals surface area (Å²) in [6.07, 6.45) is 0. The maximum atomic E-state index is 12.3. The van der Waals surface area contributed by atoms with Crippen LogP contribution in [0.15, 0.2) is 41.8 Å². The summed E-state index contributed by atoms with van der Waals surface area (Å²) < 4.78 is 16.2. The van der Waals surface area contributed by atoms with Gasteiger partial charge in [0.15, 0.2) is 11.5 Å². The molecule has 0 aliphatic rings. The third kappa shape index (κ3) is 4.11. The molecule has 0 fully saturated rings. The lowest BCUT2D eigenvalue weighted by Crippen LogP contribution is -2.06. The average molecular weight is 383 g/mol. The largest absolute Gasteiger partial charge is 0.493 e. The van der Waals surface area contributed by atoms with Gasteiger partial charge < -0.3 is 14.2 Å². The van der Waals surface area contributed by atoms with Gasteiger partial charge in [-0.2, -0.15) is 0 Å². The molecule has 0 amide bonds. The number of methoxy groups -OCH3 is 2. The second kappa shape index (κ2) is 8.22. The van der Waals surface area contributed by atoms with E-state index in [4.69, 9.17) is 14.2 Å². The molecule has 6 heteroatoms. The molecule has 0 saturated carbocycles. The molecule has 27 heavy (non-hydrogen) atoms. The molecule has 0 saturated heterocycles. The smallest absolute Gasteiger partial charge is 0.338 e. The molecule has 0 N–H and O–H groups in total. The number of para-hydroxylation sites is 1. The molecule has 0 atom stereocenters. The molecule has 0 bridgehead atoms.